The predicted octanol–water partition coefficient (Wildman–Crippen LogP) is 4.45. The summed E-state index contributed by atoms with van der Waals surface area (Å²) in [6.07, 6.45) is 2.95. The van der Waals surface area contributed by atoms with E-state index in [9.17, 15) is 5.26 Å². The van der Waals surface area contributed by atoms with Gasteiger partial charge in [0.05, 0.1) is 12.2 Å². The zero-order chi connectivity index (χ0) is 17.5. The highest BCUT2D eigenvalue weighted by atomic mass is 31.2. The summed E-state index contributed by atoms with van der Waals surface area (Å²) in [5.74, 6) is 0. The Labute approximate surface area is 150 Å². The van der Waals surface area contributed by atoms with E-state index in [-0.39, 0.29) is 0 Å². The van der Waals surface area contributed by atoms with Crippen LogP contribution in [-0.2, 0) is 0 Å². The highest BCUT2D eigenvalue weighted by Crippen LogP contribution is 2.55. The molecule has 0 radical (unpaired) electrons. The average Bonchev–Trinajstić information content (AvgIpc) is 2.71. The maximum absolute atomic E-state index is 9.24. The Morgan fingerprint density at radius 2 is 1.12 bits per heavy atom. The van der Waals surface area contributed by atoms with Crippen LogP contribution in [0.5, 0.6) is 0 Å². The van der Waals surface area contributed by atoms with E-state index in [1.165, 1.54) is 15.9 Å². The van der Waals surface area contributed by atoms with Gasteiger partial charge in [-0.2, -0.15) is 5.26 Å². The Kier molecular flexibility index (Phi) is 5.44. The molecular formula is C23H21NP+. The van der Waals surface area contributed by atoms with Gasteiger partial charge in [-0.15, -0.1) is 0 Å². The van der Waals surface area contributed by atoms with Crippen molar-refractivity contribution in [3.8, 4) is 6.07 Å². The molecule has 3 aromatic rings. The van der Waals surface area contributed by atoms with E-state index in [0.29, 0.717) is 0 Å². The third-order valence-corrected chi connectivity index (χ3v) is 8.71. The summed E-state index contributed by atoms with van der Waals surface area (Å²) in [7, 11) is -1.85. The number of allylic oxidation sites excluding steroid dienone is 2. The van der Waals surface area contributed by atoms with Crippen molar-refractivity contribution in [2.45, 2.75) is 6.92 Å². The zero-order valence-corrected chi connectivity index (χ0v) is 15.2. The molecule has 0 fully saturated rings. The van der Waals surface area contributed by atoms with Crippen molar-refractivity contribution in [3.63, 3.8) is 0 Å². The highest BCUT2D eigenvalue weighted by Gasteiger charge is 2.44. The SMILES string of the molecule is C/C(C#N)=C/C[P+](c1ccccc1)(c1ccccc1)c1ccccc1. The third kappa shape index (κ3) is 3.55. The third-order valence-electron chi connectivity index (χ3n) is 4.44. The van der Waals surface area contributed by atoms with Crippen LogP contribution in [0.1, 0.15) is 6.92 Å². The second-order valence-electron chi connectivity index (χ2n) is 6.00. The molecule has 122 valence electrons. The summed E-state index contributed by atoms with van der Waals surface area (Å²) in [5, 5.41) is 13.3. The Morgan fingerprint density at radius 1 is 0.760 bits per heavy atom. The average molecular weight is 342 g/mol. The maximum Gasteiger partial charge on any atom is 0.116 e. The van der Waals surface area contributed by atoms with Gasteiger partial charge >= 0.3 is 0 Å². The van der Waals surface area contributed by atoms with Crippen molar-refractivity contribution in [1.82, 2.24) is 0 Å². The fourth-order valence-corrected chi connectivity index (χ4v) is 7.25. The van der Waals surface area contributed by atoms with Gasteiger partial charge < -0.3 is 0 Å². The van der Waals surface area contributed by atoms with Crippen molar-refractivity contribution < 1.29 is 0 Å². The van der Waals surface area contributed by atoms with Crippen LogP contribution < -0.4 is 15.9 Å². The van der Waals surface area contributed by atoms with Gasteiger partial charge in [0.25, 0.3) is 0 Å². The maximum atomic E-state index is 9.24. The van der Waals surface area contributed by atoms with E-state index in [1.54, 1.807) is 0 Å². The minimum atomic E-state index is -1.85. The van der Waals surface area contributed by atoms with Gasteiger partial charge in [0.2, 0.25) is 0 Å². The minimum Gasteiger partial charge on any atom is -0.193 e. The van der Waals surface area contributed by atoms with Crippen molar-refractivity contribution in [1.29, 1.82) is 5.26 Å². The molecule has 0 unspecified atom stereocenters. The van der Waals surface area contributed by atoms with E-state index >= 15 is 0 Å². The Bertz CT molecular complexity index is 781. The van der Waals surface area contributed by atoms with Gasteiger partial charge in [-0.25, -0.2) is 0 Å². The van der Waals surface area contributed by atoms with Crippen molar-refractivity contribution >= 4 is 23.2 Å². The molecule has 0 aromatic heterocycles. The molecule has 0 N–H and O–H groups in total. The van der Waals surface area contributed by atoms with Gasteiger partial charge in [-0.1, -0.05) is 54.6 Å². The molecule has 0 spiro atoms. The van der Waals surface area contributed by atoms with E-state index in [4.69, 9.17) is 0 Å². The summed E-state index contributed by atoms with van der Waals surface area (Å²) < 4.78 is 0. The van der Waals surface area contributed by atoms with Crippen LogP contribution in [0.25, 0.3) is 0 Å². The van der Waals surface area contributed by atoms with Gasteiger partial charge in [0.1, 0.15) is 23.2 Å². The molecule has 0 saturated carbocycles. The molecule has 0 saturated heterocycles. The number of hydrogen-bond acceptors (Lipinski definition) is 1. The number of nitriles is 1. The first-order valence-corrected chi connectivity index (χ1v) is 10.4. The lowest BCUT2D eigenvalue weighted by Gasteiger charge is -2.26. The lowest BCUT2D eigenvalue weighted by Crippen LogP contribution is -2.33. The predicted molar refractivity (Wildman–Crippen MR) is 109 cm³/mol. The summed E-state index contributed by atoms with van der Waals surface area (Å²) in [6, 6.07) is 34.5. The van der Waals surface area contributed by atoms with E-state index < -0.39 is 7.26 Å². The van der Waals surface area contributed by atoms with Crippen LogP contribution >= 0.6 is 7.26 Å². The molecule has 0 amide bonds. The minimum absolute atomic E-state index is 0.771. The molecule has 2 heteroatoms. The van der Waals surface area contributed by atoms with Gasteiger partial charge in [0.15, 0.2) is 0 Å². The molecule has 0 heterocycles. The van der Waals surface area contributed by atoms with Crippen LogP contribution in [0.15, 0.2) is 103 Å². The van der Waals surface area contributed by atoms with Gasteiger partial charge in [-0.05, 0) is 49.4 Å². The highest BCUT2D eigenvalue weighted by molar-refractivity contribution is 7.95. The van der Waals surface area contributed by atoms with E-state index in [1.807, 2.05) is 6.92 Å². The Morgan fingerprint density at radius 3 is 1.44 bits per heavy atom. The molecule has 3 rings (SSSR count). The number of rotatable bonds is 5. The van der Waals surface area contributed by atoms with Crippen LogP contribution in [0.3, 0.4) is 0 Å². The summed E-state index contributed by atoms with van der Waals surface area (Å²) in [4.78, 5) is 0. The second-order valence-corrected chi connectivity index (χ2v) is 9.53. The fourth-order valence-electron chi connectivity index (χ4n) is 3.13. The smallest absolute Gasteiger partial charge is 0.116 e. The first-order chi connectivity index (χ1) is 12.3. The van der Waals surface area contributed by atoms with Gasteiger partial charge in [-0.3, -0.25) is 0 Å². The Hall–Kier alpha value is -2.68. The molecule has 0 aliphatic rings. The van der Waals surface area contributed by atoms with E-state index in [0.717, 1.165) is 11.7 Å². The number of nitrogens with zero attached hydrogens (tertiary/aromatic N) is 1. The molecule has 0 bridgehead atoms. The van der Waals surface area contributed by atoms with Crippen LogP contribution in [-0.4, -0.2) is 6.16 Å². The van der Waals surface area contributed by atoms with Crippen molar-refractivity contribution in [3.05, 3.63) is 103 Å². The van der Waals surface area contributed by atoms with Crippen LogP contribution in [0.2, 0.25) is 0 Å². The first kappa shape index (κ1) is 17.2. The van der Waals surface area contributed by atoms with E-state index in [2.05, 4.69) is 103 Å². The number of hydrogen-bond donors (Lipinski definition) is 0. The molecule has 0 aliphatic carbocycles. The van der Waals surface area contributed by atoms with Crippen LogP contribution in [0, 0.1) is 11.3 Å². The summed E-state index contributed by atoms with van der Waals surface area (Å²) in [6.45, 7) is 1.88. The molecule has 25 heavy (non-hydrogen) atoms. The number of benzene rings is 3. The van der Waals surface area contributed by atoms with Gasteiger partial charge in [0, 0.05) is 5.57 Å². The fraction of sp³-hybridized carbons (Fsp3) is 0.0870. The van der Waals surface area contributed by atoms with Crippen LogP contribution in [0.4, 0.5) is 0 Å². The first-order valence-electron chi connectivity index (χ1n) is 8.39. The monoisotopic (exact) mass is 342 g/mol. The summed E-state index contributed by atoms with van der Waals surface area (Å²) >= 11 is 0. The lowest BCUT2D eigenvalue weighted by atomic mass is 10.3. The standard InChI is InChI=1S/C23H21NP/c1-20(19-24)17-18-25(21-11-5-2-6-12-21,22-13-7-3-8-14-22)23-15-9-4-10-16-23/h2-17H,18H2,1H3/q+1/b20-17-. The lowest BCUT2D eigenvalue weighted by molar-refractivity contribution is 1.42. The topological polar surface area (TPSA) is 23.8 Å². The van der Waals surface area contributed by atoms with Crippen molar-refractivity contribution in [2.75, 3.05) is 6.16 Å². The van der Waals surface area contributed by atoms with Crippen molar-refractivity contribution in [2.24, 2.45) is 0 Å². The molecule has 0 aliphatic heterocycles. The molecule has 3 aromatic carbocycles. The molecule has 0 atom stereocenters. The second kappa shape index (κ2) is 7.93. The zero-order valence-electron chi connectivity index (χ0n) is 14.3. The quantitative estimate of drug-likeness (QED) is 0.496. The largest absolute Gasteiger partial charge is 0.193 e. The summed E-state index contributed by atoms with van der Waals surface area (Å²) in [5.41, 5.74) is 0.771. The Balaban J connectivity index is 2.30. The normalized spacial score (nSPS) is 11.8. The molecular weight excluding hydrogens is 321 g/mol. The molecule has 1 nitrogen and oxygen atoms in total.